The Labute approximate surface area is 179 Å². The number of carbonyl (C=O) groups is 2. The topological polar surface area (TPSA) is 84.9 Å². The number of allylic oxidation sites excluding steroid dienone is 2. The summed E-state index contributed by atoms with van der Waals surface area (Å²) < 4.78 is 11.0. The number of aliphatic carboxylic acids is 1. The van der Waals surface area contributed by atoms with Gasteiger partial charge in [0.1, 0.15) is 11.4 Å². The molecule has 0 radical (unpaired) electrons. The van der Waals surface area contributed by atoms with E-state index in [-0.39, 0.29) is 12.0 Å². The highest BCUT2D eigenvalue weighted by molar-refractivity contribution is 5.74. The van der Waals surface area contributed by atoms with Gasteiger partial charge in [0.25, 0.3) is 0 Å². The number of carboxylic acids is 1. The molecule has 166 valence electrons. The van der Waals surface area contributed by atoms with Crippen LogP contribution in [0.25, 0.3) is 5.57 Å². The fraction of sp³-hybridized carbons (Fsp3) is 0.583. The normalized spacial score (nSPS) is 16.5. The van der Waals surface area contributed by atoms with Crippen molar-refractivity contribution in [2.75, 3.05) is 13.2 Å². The summed E-state index contributed by atoms with van der Waals surface area (Å²) >= 11 is 0. The lowest BCUT2D eigenvalue weighted by atomic mass is 9.87. The first kappa shape index (κ1) is 23.8. The van der Waals surface area contributed by atoms with Gasteiger partial charge in [0.2, 0.25) is 0 Å². The van der Waals surface area contributed by atoms with Gasteiger partial charge in [0.15, 0.2) is 0 Å². The Morgan fingerprint density at radius 2 is 1.80 bits per heavy atom. The van der Waals surface area contributed by atoms with Crippen molar-refractivity contribution < 1.29 is 24.2 Å². The Morgan fingerprint density at radius 3 is 2.40 bits per heavy atom. The Kier molecular flexibility index (Phi) is 9.21. The minimum atomic E-state index is -0.701. The van der Waals surface area contributed by atoms with E-state index in [2.05, 4.69) is 11.4 Å². The van der Waals surface area contributed by atoms with Crippen molar-refractivity contribution in [3.05, 3.63) is 35.9 Å². The summed E-state index contributed by atoms with van der Waals surface area (Å²) in [6, 6.07) is 8.05. The molecule has 30 heavy (non-hydrogen) atoms. The molecule has 0 saturated heterocycles. The first-order chi connectivity index (χ1) is 14.2. The number of unbranched alkanes of at least 4 members (excludes halogenated alkanes) is 3. The number of nitrogens with one attached hydrogen (secondary N) is 1. The summed E-state index contributed by atoms with van der Waals surface area (Å²) in [5, 5.41) is 11.9. The second-order valence-electron chi connectivity index (χ2n) is 8.75. The van der Waals surface area contributed by atoms with Gasteiger partial charge in [-0.1, -0.05) is 31.1 Å². The van der Waals surface area contributed by atoms with Gasteiger partial charge in [-0.2, -0.15) is 0 Å². The minimum Gasteiger partial charge on any atom is -0.494 e. The van der Waals surface area contributed by atoms with Gasteiger partial charge < -0.3 is 19.9 Å². The smallest absolute Gasteiger partial charge is 0.407 e. The van der Waals surface area contributed by atoms with Crippen LogP contribution in [0.15, 0.2) is 30.3 Å². The molecule has 2 N–H and O–H groups in total. The third-order valence-electron chi connectivity index (χ3n) is 4.99. The SMILES string of the molecule is CC(C)(C)OC(=O)NCCCCCCOc1ccc(C2=CCC(C(=O)O)CC2)cc1. The number of hydrogen-bond donors (Lipinski definition) is 2. The zero-order valence-corrected chi connectivity index (χ0v) is 18.4. The maximum Gasteiger partial charge on any atom is 0.407 e. The number of ether oxygens (including phenoxy) is 2. The fourth-order valence-electron chi connectivity index (χ4n) is 3.36. The summed E-state index contributed by atoms with van der Waals surface area (Å²) in [7, 11) is 0. The third kappa shape index (κ3) is 8.89. The van der Waals surface area contributed by atoms with E-state index in [9.17, 15) is 9.59 Å². The monoisotopic (exact) mass is 417 g/mol. The van der Waals surface area contributed by atoms with Crippen LogP contribution < -0.4 is 10.1 Å². The summed E-state index contributed by atoms with van der Waals surface area (Å²) in [5.74, 6) is -0.0945. The Bertz CT molecular complexity index is 718. The van der Waals surface area contributed by atoms with Crippen LogP contribution >= 0.6 is 0 Å². The van der Waals surface area contributed by atoms with Crippen molar-refractivity contribution in [3.63, 3.8) is 0 Å². The quantitative estimate of drug-likeness (QED) is 0.497. The largest absolute Gasteiger partial charge is 0.494 e. The highest BCUT2D eigenvalue weighted by Gasteiger charge is 2.21. The van der Waals surface area contributed by atoms with Crippen molar-refractivity contribution in [1.82, 2.24) is 5.32 Å². The second-order valence-corrected chi connectivity index (χ2v) is 8.75. The number of benzene rings is 1. The van der Waals surface area contributed by atoms with Gasteiger partial charge in [0, 0.05) is 6.54 Å². The van der Waals surface area contributed by atoms with Gasteiger partial charge in [0.05, 0.1) is 12.5 Å². The van der Waals surface area contributed by atoms with E-state index >= 15 is 0 Å². The lowest BCUT2D eigenvalue weighted by Crippen LogP contribution is -2.32. The molecule has 1 unspecified atom stereocenters. The maximum absolute atomic E-state index is 11.5. The molecule has 1 atom stereocenters. The molecule has 6 nitrogen and oxygen atoms in total. The lowest BCUT2D eigenvalue weighted by molar-refractivity contribution is -0.141. The highest BCUT2D eigenvalue weighted by Crippen LogP contribution is 2.31. The molecule has 0 aromatic heterocycles. The zero-order chi connectivity index (χ0) is 22.0. The molecular formula is C24H35NO5. The molecular weight excluding hydrogens is 382 g/mol. The fourth-order valence-corrected chi connectivity index (χ4v) is 3.36. The number of amides is 1. The predicted octanol–water partition coefficient (Wildman–Crippen LogP) is 5.42. The Balaban J connectivity index is 1.57. The van der Waals surface area contributed by atoms with Crippen LogP contribution in [0.1, 0.15) is 71.3 Å². The van der Waals surface area contributed by atoms with Crippen LogP contribution in [-0.2, 0) is 9.53 Å². The van der Waals surface area contributed by atoms with E-state index < -0.39 is 11.6 Å². The van der Waals surface area contributed by atoms with Gasteiger partial charge in [-0.25, -0.2) is 4.79 Å². The van der Waals surface area contributed by atoms with Crippen molar-refractivity contribution in [2.45, 2.75) is 71.3 Å². The molecule has 0 fully saturated rings. The van der Waals surface area contributed by atoms with Crippen LogP contribution in [0.3, 0.4) is 0 Å². The Morgan fingerprint density at radius 1 is 1.10 bits per heavy atom. The third-order valence-corrected chi connectivity index (χ3v) is 4.99. The summed E-state index contributed by atoms with van der Waals surface area (Å²) in [6.45, 7) is 6.85. The van der Waals surface area contributed by atoms with Gasteiger partial charge >= 0.3 is 12.1 Å². The number of carboxylic acid groups (broad SMARTS) is 1. The lowest BCUT2D eigenvalue weighted by Gasteiger charge is -2.19. The van der Waals surface area contributed by atoms with Crippen LogP contribution in [0, 0.1) is 5.92 Å². The maximum atomic E-state index is 11.5. The number of hydrogen-bond acceptors (Lipinski definition) is 4. The average molecular weight is 418 g/mol. The number of alkyl carbamates (subject to hydrolysis) is 1. The zero-order valence-electron chi connectivity index (χ0n) is 18.4. The molecule has 0 bridgehead atoms. The summed E-state index contributed by atoms with van der Waals surface area (Å²) in [5.41, 5.74) is 1.90. The molecule has 0 spiro atoms. The molecule has 2 rings (SSSR count). The molecule has 0 heterocycles. The van der Waals surface area contributed by atoms with Crippen molar-refractivity contribution in [3.8, 4) is 5.75 Å². The molecule has 0 aliphatic heterocycles. The van der Waals surface area contributed by atoms with E-state index in [4.69, 9.17) is 14.6 Å². The van der Waals surface area contributed by atoms with Gasteiger partial charge in [-0.15, -0.1) is 0 Å². The number of carbonyl (C=O) groups excluding carboxylic acids is 1. The Hall–Kier alpha value is -2.50. The van der Waals surface area contributed by atoms with E-state index in [1.54, 1.807) is 0 Å². The van der Waals surface area contributed by atoms with Crippen LogP contribution in [0.4, 0.5) is 4.79 Å². The van der Waals surface area contributed by atoms with Gasteiger partial charge in [-0.05, 0) is 76.1 Å². The van der Waals surface area contributed by atoms with E-state index in [1.165, 1.54) is 5.57 Å². The summed E-state index contributed by atoms with van der Waals surface area (Å²) in [6.07, 6.45) is 7.77. The molecule has 1 aliphatic rings. The van der Waals surface area contributed by atoms with Crippen molar-refractivity contribution in [1.29, 1.82) is 0 Å². The molecule has 6 heteroatoms. The molecule has 1 aromatic rings. The minimum absolute atomic E-state index is 0.246. The molecule has 1 aromatic carbocycles. The van der Waals surface area contributed by atoms with E-state index in [1.807, 2.05) is 45.0 Å². The number of rotatable bonds is 10. The van der Waals surface area contributed by atoms with Crippen LogP contribution in [-0.4, -0.2) is 35.9 Å². The molecule has 1 amide bonds. The van der Waals surface area contributed by atoms with E-state index in [0.29, 0.717) is 26.0 Å². The summed E-state index contributed by atoms with van der Waals surface area (Å²) in [4.78, 5) is 22.6. The first-order valence-corrected chi connectivity index (χ1v) is 10.9. The van der Waals surface area contributed by atoms with Crippen molar-refractivity contribution >= 4 is 17.6 Å². The van der Waals surface area contributed by atoms with Crippen LogP contribution in [0.5, 0.6) is 5.75 Å². The molecule has 0 saturated carbocycles. The highest BCUT2D eigenvalue weighted by atomic mass is 16.6. The molecule has 1 aliphatic carbocycles. The standard InChI is InChI=1S/C24H35NO5/c1-24(2,3)30-23(28)25-16-6-4-5-7-17-29-21-14-12-19(13-15-21)18-8-10-20(11-9-18)22(26)27/h8,12-15,20H,4-7,9-11,16-17H2,1-3H3,(H,25,28)(H,26,27). The average Bonchev–Trinajstić information content (AvgIpc) is 2.69. The first-order valence-electron chi connectivity index (χ1n) is 10.9. The predicted molar refractivity (Wildman–Crippen MR) is 118 cm³/mol. The van der Waals surface area contributed by atoms with Crippen LogP contribution in [0.2, 0.25) is 0 Å². The van der Waals surface area contributed by atoms with Gasteiger partial charge in [-0.3, -0.25) is 4.79 Å². The second kappa shape index (κ2) is 11.6. The van der Waals surface area contributed by atoms with E-state index in [0.717, 1.165) is 43.4 Å². The van der Waals surface area contributed by atoms with Crippen molar-refractivity contribution in [2.24, 2.45) is 5.92 Å².